The van der Waals surface area contributed by atoms with Crippen LogP contribution in [0.25, 0.3) is 11.5 Å². The van der Waals surface area contributed by atoms with E-state index in [4.69, 9.17) is 9.15 Å². The molecule has 1 amide bonds. The number of likely N-dealkylation sites (N-methyl/N-ethyl adjacent to an activating group) is 1. The fourth-order valence-electron chi connectivity index (χ4n) is 2.36. The van der Waals surface area contributed by atoms with E-state index in [9.17, 15) is 4.79 Å². The van der Waals surface area contributed by atoms with Gasteiger partial charge in [-0.1, -0.05) is 24.3 Å². The van der Waals surface area contributed by atoms with E-state index in [-0.39, 0.29) is 19.1 Å². The summed E-state index contributed by atoms with van der Waals surface area (Å²) in [7, 11) is 1.68. The van der Waals surface area contributed by atoms with Gasteiger partial charge in [0.2, 0.25) is 11.8 Å². The van der Waals surface area contributed by atoms with Crippen LogP contribution in [0.4, 0.5) is 0 Å². The maximum absolute atomic E-state index is 12.3. The lowest BCUT2D eigenvalue weighted by atomic mass is 10.1. The first-order chi connectivity index (χ1) is 12.5. The largest absolute Gasteiger partial charge is 0.484 e. The highest BCUT2D eigenvalue weighted by Gasteiger charge is 2.15. The molecule has 6 heteroatoms. The predicted octanol–water partition coefficient (Wildman–Crippen LogP) is 3.39. The Kier molecular flexibility index (Phi) is 5.31. The van der Waals surface area contributed by atoms with Gasteiger partial charge in [-0.05, 0) is 49.2 Å². The van der Waals surface area contributed by atoms with E-state index >= 15 is 0 Å². The van der Waals surface area contributed by atoms with Crippen LogP contribution in [0.5, 0.6) is 5.75 Å². The highest BCUT2D eigenvalue weighted by atomic mass is 16.5. The summed E-state index contributed by atoms with van der Waals surface area (Å²) in [6.07, 6.45) is 0. The summed E-state index contributed by atoms with van der Waals surface area (Å²) >= 11 is 0. The van der Waals surface area contributed by atoms with Gasteiger partial charge in [-0.2, -0.15) is 0 Å². The molecule has 0 aliphatic carbocycles. The lowest BCUT2D eigenvalue weighted by Crippen LogP contribution is -2.31. The van der Waals surface area contributed by atoms with Gasteiger partial charge in [-0.15, -0.1) is 10.2 Å². The molecular weight excluding hydrogens is 330 g/mol. The zero-order valence-electron chi connectivity index (χ0n) is 15.1. The Morgan fingerprint density at radius 3 is 2.58 bits per heavy atom. The van der Waals surface area contributed by atoms with Crippen LogP contribution in [0, 0.1) is 13.8 Å². The third-order valence-corrected chi connectivity index (χ3v) is 4.13. The number of hydrogen-bond acceptors (Lipinski definition) is 5. The van der Waals surface area contributed by atoms with E-state index in [1.54, 1.807) is 7.05 Å². The molecule has 0 radical (unpaired) electrons. The maximum Gasteiger partial charge on any atom is 0.260 e. The number of carbonyl (C=O) groups is 1. The fraction of sp³-hybridized carbons (Fsp3) is 0.250. The third-order valence-electron chi connectivity index (χ3n) is 4.13. The van der Waals surface area contributed by atoms with Gasteiger partial charge < -0.3 is 14.1 Å². The molecule has 6 nitrogen and oxygen atoms in total. The minimum atomic E-state index is -0.164. The SMILES string of the molecule is Cc1ccc(OCC(=O)N(C)Cc2nnc(-c3ccccc3)o2)cc1C. The predicted molar refractivity (Wildman–Crippen MR) is 97.6 cm³/mol. The lowest BCUT2D eigenvalue weighted by molar-refractivity contribution is -0.132. The number of hydrogen-bond donors (Lipinski definition) is 0. The van der Waals surface area contributed by atoms with Gasteiger partial charge in [0.05, 0.1) is 6.54 Å². The van der Waals surface area contributed by atoms with Gasteiger partial charge in [-0.3, -0.25) is 4.79 Å². The number of nitrogens with zero attached hydrogens (tertiary/aromatic N) is 3. The molecule has 0 atom stereocenters. The summed E-state index contributed by atoms with van der Waals surface area (Å²) in [5.41, 5.74) is 3.16. The Labute approximate surface area is 152 Å². The summed E-state index contributed by atoms with van der Waals surface area (Å²) in [5.74, 6) is 1.33. The first kappa shape index (κ1) is 17.7. The second-order valence-corrected chi connectivity index (χ2v) is 6.15. The van der Waals surface area contributed by atoms with Crippen molar-refractivity contribution in [1.29, 1.82) is 0 Å². The van der Waals surface area contributed by atoms with Crippen molar-refractivity contribution >= 4 is 5.91 Å². The molecule has 3 aromatic rings. The van der Waals surface area contributed by atoms with Crippen LogP contribution < -0.4 is 4.74 Å². The molecule has 1 aromatic heterocycles. The average molecular weight is 351 g/mol. The molecule has 0 fully saturated rings. The first-order valence-corrected chi connectivity index (χ1v) is 8.35. The van der Waals surface area contributed by atoms with Crippen molar-refractivity contribution in [2.45, 2.75) is 20.4 Å². The summed E-state index contributed by atoms with van der Waals surface area (Å²) in [4.78, 5) is 13.8. The van der Waals surface area contributed by atoms with Crippen molar-refractivity contribution in [2.24, 2.45) is 0 Å². The van der Waals surface area contributed by atoms with Crippen LogP contribution in [0.1, 0.15) is 17.0 Å². The normalized spacial score (nSPS) is 10.6. The number of aromatic nitrogens is 2. The number of ether oxygens (including phenoxy) is 1. The molecule has 0 unspecified atom stereocenters. The maximum atomic E-state index is 12.3. The van der Waals surface area contributed by atoms with E-state index < -0.39 is 0 Å². The molecule has 3 rings (SSSR count). The van der Waals surface area contributed by atoms with Crippen LogP contribution >= 0.6 is 0 Å². The Balaban J connectivity index is 1.56. The van der Waals surface area contributed by atoms with Gasteiger partial charge in [0, 0.05) is 12.6 Å². The zero-order chi connectivity index (χ0) is 18.5. The Hall–Kier alpha value is -3.15. The molecule has 134 valence electrons. The quantitative estimate of drug-likeness (QED) is 0.681. The average Bonchev–Trinajstić information content (AvgIpc) is 3.11. The van der Waals surface area contributed by atoms with Gasteiger partial charge >= 0.3 is 0 Å². The Morgan fingerprint density at radius 1 is 1.08 bits per heavy atom. The Morgan fingerprint density at radius 2 is 1.85 bits per heavy atom. The molecule has 0 aliphatic heterocycles. The minimum Gasteiger partial charge on any atom is -0.484 e. The highest BCUT2D eigenvalue weighted by molar-refractivity contribution is 5.77. The molecule has 0 aliphatic rings. The molecular formula is C20H21N3O3. The molecule has 26 heavy (non-hydrogen) atoms. The van der Waals surface area contributed by atoms with Crippen molar-refractivity contribution in [2.75, 3.05) is 13.7 Å². The molecule has 0 spiro atoms. The van der Waals surface area contributed by atoms with Crippen molar-refractivity contribution < 1.29 is 13.9 Å². The summed E-state index contributed by atoms with van der Waals surface area (Å²) in [5, 5.41) is 8.03. The Bertz CT molecular complexity index is 890. The van der Waals surface area contributed by atoms with Crippen LogP contribution in [-0.2, 0) is 11.3 Å². The number of benzene rings is 2. The monoisotopic (exact) mass is 351 g/mol. The van der Waals surface area contributed by atoms with Crippen molar-refractivity contribution in [1.82, 2.24) is 15.1 Å². The third kappa shape index (κ3) is 4.27. The second-order valence-electron chi connectivity index (χ2n) is 6.15. The summed E-state index contributed by atoms with van der Waals surface area (Å²) < 4.78 is 11.2. The van der Waals surface area contributed by atoms with Crippen molar-refractivity contribution in [3.05, 3.63) is 65.5 Å². The number of rotatable bonds is 6. The number of amides is 1. The van der Waals surface area contributed by atoms with Crippen molar-refractivity contribution in [3.8, 4) is 17.2 Å². The van der Waals surface area contributed by atoms with E-state index in [1.807, 2.05) is 62.4 Å². The topological polar surface area (TPSA) is 68.5 Å². The smallest absolute Gasteiger partial charge is 0.260 e. The van der Waals surface area contributed by atoms with Gasteiger partial charge in [0.1, 0.15) is 5.75 Å². The molecule has 1 heterocycles. The lowest BCUT2D eigenvalue weighted by Gasteiger charge is -2.15. The van der Waals surface area contributed by atoms with Gasteiger partial charge in [0.25, 0.3) is 5.91 Å². The number of aryl methyl sites for hydroxylation is 2. The van der Waals surface area contributed by atoms with Gasteiger partial charge in [-0.25, -0.2) is 0 Å². The van der Waals surface area contributed by atoms with Crippen LogP contribution in [-0.4, -0.2) is 34.7 Å². The number of carbonyl (C=O) groups excluding carboxylic acids is 1. The second kappa shape index (κ2) is 7.82. The highest BCUT2D eigenvalue weighted by Crippen LogP contribution is 2.18. The molecule has 0 N–H and O–H groups in total. The standard InChI is InChI=1S/C20H21N3O3/c1-14-9-10-17(11-15(14)2)25-13-19(24)23(3)12-18-21-22-20(26-18)16-7-5-4-6-8-16/h4-11H,12-13H2,1-3H3. The van der Waals surface area contributed by atoms with E-state index in [0.29, 0.717) is 17.5 Å². The molecule has 0 saturated carbocycles. The van der Waals surface area contributed by atoms with Crippen molar-refractivity contribution in [3.63, 3.8) is 0 Å². The van der Waals surface area contributed by atoms with E-state index in [0.717, 1.165) is 11.1 Å². The minimum absolute atomic E-state index is 0.0430. The van der Waals surface area contributed by atoms with E-state index in [2.05, 4.69) is 10.2 Å². The van der Waals surface area contributed by atoms with Crippen LogP contribution in [0.3, 0.4) is 0 Å². The zero-order valence-corrected chi connectivity index (χ0v) is 15.1. The van der Waals surface area contributed by atoms with Crippen LogP contribution in [0.2, 0.25) is 0 Å². The fourth-order valence-corrected chi connectivity index (χ4v) is 2.36. The van der Waals surface area contributed by atoms with E-state index in [1.165, 1.54) is 10.5 Å². The summed E-state index contributed by atoms with van der Waals surface area (Å²) in [6.45, 7) is 4.23. The molecule has 0 saturated heterocycles. The summed E-state index contributed by atoms with van der Waals surface area (Å²) in [6, 6.07) is 15.3. The first-order valence-electron chi connectivity index (χ1n) is 8.35. The molecule has 0 bridgehead atoms. The molecule has 2 aromatic carbocycles. The van der Waals surface area contributed by atoms with Crippen LogP contribution in [0.15, 0.2) is 52.9 Å². The van der Waals surface area contributed by atoms with Gasteiger partial charge in [0.15, 0.2) is 6.61 Å².